The van der Waals surface area contributed by atoms with E-state index in [4.69, 9.17) is 9.47 Å². The van der Waals surface area contributed by atoms with E-state index in [0.717, 1.165) is 37.7 Å². The third-order valence-corrected chi connectivity index (χ3v) is 10.2. The zero-order chi connectivity index (χ0) is 22.9. The number of carboxylic acids is 1. The lowest BCUT2D eigenvalue weighted by Gasteiger charge is -2.64. The van der Waals surface area contributed by atoms with Gasteiger partial charge in [0.1, 0.15) is 6.10 Å². The minimum Gasteiger partial charge on any atom is -0.481 e. The van der Waals surface area contributed by atoms with Crippen LogP contribution >= 0.6 is 0 Å². The molecule has 2 N–H and O–H groups in total. The van der Waals surface area contributed by atoms with E-state index in [1.54, 1.807) is 4.90 Å². The van der Waals surface area contributed by atoms with Gasteiger partial charge in [-0.3, -0.25) is 4.79 Å². The molecule has 1 heterocycles. The topological polar surface area (TPSA) is 96.3 Å². The Balaban J connectivity index is 1.53. The number of hydrogen-bond donors (Lipinski definition) is 2. The molecule has 0 radical (unpaired) electrons. The highest BCUT2D eigenvalue weighted by atomic mass is 16.6. The minimum absolute atomic E-state index is 0.000853. The van der Waals surface area contributed by atoms with E-state index in [-0.39, 0.29) is 40.8 Å². The lowest BCUT2D eigenvalue weighted by Crippen LogP contribution is -2.64. The van der Waals surface area contributed by atoms with Gasteiger partial charge in [-0.15, -0.1) is 0 Å². The SMILES string of the molecule is C=C1[C@H]2C[C@H](OC(=O)N3CCOCC3)[C@H]3[C@]4(C)CCC[C@@](C)(C(=O)O)[C@H]4CC[C@]3(C2)[C@@H]1O. The molecular weight excluding hydrogens is 410 g/mol. The number of carboxylic acid groups (broad SMARTS) is 1. The van der Waals surface area contributed by atoms with Crippen molar-refractivity contribution in [2.24, 2.45) is 34.0 Å². The molecule has 1 saturated heterocycles. The van der Waals surface area contributed by atoms with E-state index in [9.17, 15) is 19.8 Å². The van der Waals surface area contributed by atoms with Crippen molar-refractivity contribution >= 4 is 12.1 Å². The van der Waals surface area contributed by atoms with E-state index >= 15 is 0 Å². The number of aliphatic hydroxyl groups excluding tert-OH is 1. The van der Waals surface area contributed by atoms with Gasteiger partial charge in [0.25, 0.3) is 0 Å². The zero-order valence-electron chi connectivity index (χ0n) is 19.3. The first kappa shape index (κ1) is 22.2. The molecule has 178 valence electrons. The first-order valence-electron chi connectivity index (χ1n) is 12.3. The van der Waals surface area contributed by atoms with Gasteiger partial charge >= 0.3 is 12.1 Å². The van der Waals surface area contributed by atoms with Crippen molar-refractivity contribution in [3.63, 3.8) is 0 Å². The summed E-state index contributed by atoms with van der Waals surface area (Å²) in [5.41, 5.74) is -0.599. The van der Waals surface area contributed by atoms with Crippen LogP contribution in [0.25, 0.3) is 0 Å². The number of ether oxygens (including phenoxy) is 2. The van der Waals surface area contributed by atoms with E-state index in [1.807, 2.05) is 6.92 Å². The predicted octanol–water partition coefficient (Wildman–Crippen LogP) is 3.46. The van der Waals surface area contributed by atoms with E-state index in [0.29, 0.717) is 39.1 Å². The summed E-state index contributed by atoms with van der Waals surface area (Å²) in [5.74, 6) is -0.642. The molecule has 1 spiro atoms. The van der Waals surface area contributed by atoms with Gasteiger partial charge < -0.3 is 24.6 Å². The van der Waals surface area contributed by atoms with Gasteiger partial charge in [0, 0.05) is 24.4 Å². The van der Waals surface area contributed by atoms with Crippen LogP contribution in [-0.2, 0) is 14.3 Å². The summed E-state index contributed by atoms with van der Waals surface area (Å²) in [6.07, 6.45) is 4.27. The maximum atomic E-state index is 13.1. The number of carbonyl (C=O) groups excluding carboxylic acids is 1. The largest absolute Gasteiger partial charge is 0.481 e. The second kappa shape index (κ2) is 7.45. The Kier molecular flexibility index (Phi) is 5.17. The average Bonchev–Trinajstić information content (AvgIpc) is 2.94. The van der Waals surface area contributed by atoms with E-state index < -0.39 is 17.5 Å². The molecule has 4 saturated carbocycles. The van der Waals surface area contributed by atoms with Gasteiger partial charge in [0.15, 0.2) is 0 Å². The zero-order valence-corrected chi connectivity index (χ0v) is 19.3. The van der Waals surface area contributed by atoms with Crippen molar-refractivity contribution in [1.82, 2.24) is 4.90 Å². The second-order valence-corrected chi connectivity index (χ2v) is 11.5. The summed E-state index contributed by atoms with van der Waals surface area (Å²) in [6, 6.07) is 0. The molecule has 2 bridgehead atoms. The molecule has 5 rings (SSSR count). The quantitative estimate of drug-likeness (QED) is 0.630. The molecule has 0 aromatic carbocycles. The summed E-state index contributed by atoms with van der Waals surface area (Å²) >= 11 is 0. The Morgan fingerprint density at radius 2 is 1.91 bits per heavy atom. The molecular formula is C25H37NO6. The molecule has 8 atom stereocenters. The monoisotopic (exact) mass is 447 g/mol. The van der Waals surface area contributed by atoms with Crippen molar-refractivity contribution in [3.05, 3.63) is 12.2 Å². The minimum atomic E-state index is -0.787. The maximum absolute atomic E-state index is 13.1. The van der Waals surface area contributed by atoms with Crippen LogP contribution in [0.5, 0.6) is 0 Å². The van der Waals surface area contributed by atoms with Crippen LogP contribution < -0.4 is 0 Å². The number of fused-ring (bicyclic) bond motifs is 3. The highest BCUT2D eigenvalue weighted by Crippen LogP contribution is 2.72. The standard InChI is InChI=1S/C25H37NO6/c1-15-16-13-17(32-22(30)26-9-11-31-12-10-26)19-23(2)6-4-7-24(3,21(28)29)18(23)5-8-25(19,14-16)20(15)27/h16-20,27H,1,4-14H2,2-3H3,(H,28,29)/t16-,17-,18-,19-,20+,23+,24+,25+/m0/s1. The molecule has 32 heavy (non-hydrogen) atoms. The fourth-order valence-corrected chi connectivity index (χ4v) is 8.76. The highest BCUT2D eigenvalue weighted by molar-refractivity contribution is 5.75. The van der Waals surface area contributed by atoms with Crippen molar-refractivity contribution in [2.45, 2.75) is 71.0 Å². The Hall–Kier alpha value is -1.60. The van der Waals surface area contributed by atoms with Crippen molar-refractivity contribution < 1.29 is 29.3 Å². The van der Waals surface area contributed by atoms with Crippen LogP contribution in [-0.4, -0.2) is 65.7 Å². The molecule has 0 aromatic heterocycles. The molecule has 5 aliphatic rings. The molecule has 1 aliphatic heterocycles. The van der Waals surface area contributed by atoms with E-state index in [2.05, 4.69) is 13.5 Å². The van der Waals surface area contributed by atoms with E-state index in [1.165, 1.54) is 0 Å². The molecule has 0 unspecified atom stereocenters. The van der Waals surface area contributed by atoms with Gasteiger partial charge in [-0.1, -0.05) is 19.9 Å². The maximum Gasteiger partial charge on any atom is 0.410 e. The number of rotatable bonds is 2. The smallest absolute Gasteiger partial charge is 0.410 e. The first-order valence-corrected chi connectivity index (χ1v) is 12.3. The van der Waals surface area contributed by atoms with Crippen molar-refractivity contribution in [3.8, 4) is 0 Å². The Labute approximate surface area is 190 Å². The number of amides is 1. The van der Waals surface area contributed by atoms with Crippen molar-refractivity contribution in [2.75, 3.05) is 26.3 Å². The number of aliphatic hydroxyl groups is 1. The molecule has 0 aromatic rings. The predicted molar refractivity (Wildman–Crippen MR) is 117 cm³/mol. The van der Waals surface area contributed by atoms with Gasteiger partial charge in [-0.25, -0.2) is 4.79 Å². The van der Waals surface area contributed by atoms with Gasteiger partial charge in [-0.2, -0.15) is 0 Å². The fraction of sp³-hybridized carbons (Fsp3) is 0.840. The van der Waals surface area contributed by atoms with Crippen LogP contribution in [0.4, 0.5) is 4.79 Å². The van der Waals surface area contributed by atoms with Crippen LogP contribution in [0.2, 0.25) is 0 Å². The van der Waals surface area contributed by atoms with Gasteiger partial charge in [-0.05, 0) is 68.3 Å². The molecule has 5 fully saturated rings. The summed E-state index contributed by atoms with van der Waals surface area (Å²) < 4.78 is 11.6. The first-order chi connectivity index (χ1) is 15.1. The van der Waals surface area contributed by atoms with Crippen LogP contribution in [0.15, 0.2) is 12.2 Å². The third-order valence-electron chi connectivity index (χ3n) is 10.2. The van der Waals surface area contributed by atoms with Crippen LogP contribution in [0.3, 0.4) is 0 Å². The third kappa shape index (κ3) is 2.92. The average molecular weight is 448 g/mol. The summed E-state index contributed by atoms with van der Waals surface area (Å²) in [6.45, 7) is 10.4. The molecule has 1 amide bonds. The second-order valence-electron chi connectivity index (χ2n) is 11.5. The lowest BCUT2D eigenvalue weighted by atomic mass is 9.40. The number of aliphatic carboxylic acids is 1. The number of nitrogens with zero attached hydrogens (tertiary/aromatic N) is 1. The Bertz CT molecular complexity index is 823. The highest BCUT2D eigenvalue weighted by Gasteiger charge is 2.70. The fourth-order valence-electron chi connectivity index (χ4n) is 8.76. The number of carbonyl (C=O) groups is 2. The lowest BCUT2D eigenvalue weighted by molar-refractivity contribution is -0.213. The van der Waals surface area contributed by atoms with Gasteiger partial charge in [0.2, 0.25) is 0 Å². The number of hydrogen-bond acceptors (Lipinski definition) is 5. The summed E-state index contributed by atoms with van der Waals surface area (Å²) in [7, 11) is 0. The Morgan fingerprint density at radius 1 is 1.19 bits per heavy atom. The summed E-state index contributed by atoms with van der Waals surface area (Å²) in [4.78, 5) is 27.2. The van der Waals surface area contributed by atoms with Crippen LogP contribution in [0.1, 0.15) is 58.8 Å². The number of morpholine rings is 1. The van der Waals surface area contributed by atoms with Gasteiger partial charge in [0.05, 0.1) is 24.7 Å². The molecule has 4 aliphatic carbocycles. The van der Waals surface area contributed by atoms with Crippen molar-refractivity contribution in [1.29, 1.82) is 0 Å². The Morgan fingerprint density at radius 3 is 2.59 bits per heavy atom. The van der Waals surface area contributed by atoms with Crippen LogP contribution in [0, 0.1) is 34.0 Å². The normalized spacial score (nSPS) is 48.0. The molecule has 7 heteroatoms. The molecule has 7 nitrogen and oxygen atoms in total. The summed E-state index contributed by atoms with van der Waals surface area (Å²) in [5, 5.41) is 21.6.